The third-order valence-corrected chi connectivity index (χ3v) is 5.71. The van der Waals surface area contributed by atoms with Crippen LogP contribution in [0.1, 0.15) is 55.1 Å². The van der Waals surface area contributed by atoms with Crippen molar-refractivity contribution in [3.63, 3.8) is 0 Å². The van der Waals surface area contributed by atoms with Gasteiger partial charge in [0.2, 0.25) is 0 Å². The van der Waals surface area contributed by atoms with Crippen molar-refractivity contribution in [2.45, 2.75) is 56.2 Å². The van der Waals surface area contributed by atoms with Gasteiger partial charge in [0.1, 0.15) is 5.60 Å². The van der Waals surface area contributed by atoms with Gasteiger partial charge in [0, 0.05) is 24.4 Å². The van der Waals surface area contributed by atoms with Crippen LogP contribution in [0.4, 0.5) is 13.2 Å². The lowest BCUT2D eigenvalue weighted by atomic mass is 9.94. The SMILES string of the molecule is O=C(N1CCC[C@H](c2nc(C(F)(F)F)cs2)C1)C1(O)CCCC1. The maximum absolute atomic E-state index is 12.7. The van der Waals surface area contributed by atoms with Crippen LogP contribution in [0.5, 0.6) is 0 Å². The van der Waals surface area contributed by atoms with Crippen molar-refractivity contribution in [1.82, 2.24) is 9.88 Å². The van der Waals surface area contributed by atoms with Crippen molar-refractivity contribution in [3.05, 3.63) is 16.1 Å². The summed E-state index contributed by atoms with van der Waals surface area (Å²) in [5, 5.41) is 11.9. The molecule has 1 saturated heterocycles. The molecule has 8 heteroatoms. The molecule has 2 heterocycles. The van der Waals surface area contributed by atoms with Gasteiger partial charge >= 0.3 is 6.18 Å². The van der Waals surface area contributed by atoms with Crippen LogP contribution < -0.4 is 0 Å². The molecule has 3 rings (SSSR count). The maximum Gasteiger partial charge on any atom is 0.434 e. The Morgan fingerprint density at radius 3 is 2.65 bits per heavy atom. The number of thiazole rings is 1. The minimum atomic E-state index is -4.43. The molecule has 0 bridgehead atoms. The second-order valence-electron chi connectivity index (χ2n) is 6.40. The Morgan fingerprint density at radius 2 is 2.04 bits per heavy atom. The molecule has 1 aromatic heterocycles. The van der Waals surface area contributed by atoms with Crippen LogP contribution in [0.25, 0.3) is 0 Å². The first-order valence-electron chi connectivity index (χ1n) is 7.84. The predicted molar refractivity (Wildman–Crippen MR) is 79.1 cm³/mol. The minimum absolute atomic E-state index is 0.182. The molecule has 1 saturated carbocycles. The Bertz CT molecular complexity index is 582. The monoisotopic (exact) mass is 348 g/mol. The summed E-state index contributed by atoms with van der Waals surface area (Å²) < 4.78 is 38.0. The molecule has 1 amide bonds. The highest BCUT2D eigenvalue weighted by Gasteiger charge is 2.43. The molecule has 2 fully saturated rings. The maximum atomic E-state index is 12.7. The summed E-state index contributed by atoms with van der Waals surface area (Å²) in [5.74, 6) is -0.453. The van der Waals surface area contributed by atoms with E-state index in [1.807, 2.05) is 0 Å². The van der Waals surface area contributed by atoms with Gasteiger partial charge in [0.25, 0.3) is 5.91 Å². The highest BCUT2D eigenvalue weighted by Crippen LogP contribution is 2.37. The largest absolute Gasteiger partial charge is 0.434 e. The number of piperidine rings is 1. The van der Waals surface area contributed by atoms with E-state index in [-0.39, 0.29) is 11.8 Å². The van der Waals surface area contributed by atoms with Gasteiger partial charge in [0.15, 0.2) is 5.69 Å². The number of likely N-dealkylation sites (tertiary alicyclic amines) is 1. The molecule has 2 aliphatic rings. The van der Waals surface area contributed by atoms with Gasteiger partial charge in [-0.1, -0.05) is 0 Å². The zero-order chi connectivity index (χ0) is 16.7. The van der Waals surface area contributed by atoms with Gasteiger partial charge in [-0.05, 0) is 38.5 Å². The molecule has 1 N–H and O–H groups in total. The lowest BCUT2D eigenvalue weighted by Gasteiger charge is -2.36. The molecule has 1 aliphatic heterocycles. The summed E-state index contributed by atoms with van der Waals surface area (Å²) in [6.07, 6.45) is -0.384. The molecule has 1 aromatic rings. The third kappa shape index (κ3) is 3.38. The van der Waals surface area contributed by atoms with Gasteiger partial charge in [-0.3, -0.25) is 4.79 Å². The Kier molecular flexibility index (Phi) is 4.39. The van der Waals surface area contributed by atoms with Gasteiger partial charge in [0.05, 0.1) is 5.01 Å². The number of nitrogens with zero attached hydrogens (tertiary/aromatic N) is 2. The second kappa shape index (κ2) is 6.05. The lowest BCUT2D eigenvalue weighted by molar-refractivity contribution is -0.152. The van der Waals surface area contributed by atoms with Gasteiger partial charge < -0.3 is 10.0 Å². The average molecular weight is 348 g/mol. The minimum Gasteiger partial charge on any atom is -0.380 e. The zero-order valence-electron chi connectivity index (χ0n) is 12.6. The van der Waals surface area contributed by atoms with Crippen molar-refractivity contribution < 1.29 is 23.1 Å². The van der Waals surface area contributed by atoms with Crippen molar-refractivity contribution in [1.29, 1.82) is 0 Å². The van der Waals surface area contributed by atoms with Crippen molar-refractivity contribution >= 4 is 17.2 Å². The van der Waals surface area contributed by atoms with E-state index in [0.717, 1.165) is 29.6 Å². The molecule has 0 unspecified atom stereocenters. The summed E-state index contributed by atoms with van der Waals surface area (Å²) in [6.45, 7) is 0.890. The van der Waals surface area contributed by atoms with Gasteiger partial charge in [-0.15, -0.1) is 11.3 Å². The first-order valence-corrected chi connectivity index (χ1v) is 8.72. The molecular formula is C15H19F3N2O2S. The summed E-state index contributed by atoms with van der Waals surface area (Å²) in [7, 11) is 0. The highest BCUT2D eigenvalue weighted by molar-refractivity contribution is 7.09. The van der Waals surface area contributed by atoms with E-state index < -0.39 is 17.5 Å². The number of rotatable bonds is 2. The molecule has 128 valence electrons. The number of amides is 1. The van der Waals surface area contributed by atoms with E-state index in [9.17, 15) is 23.1 Å². The van der Waals surface area contributed by atoms with E-state index in [1.165, 1.54) is 0 Å². The third-order valence-electron chi connectivity index (χ3n) is 4.70. The smallest absolute Gasteiger partial charge is 0.380 e. The van der Waals surface area contributed by atoms with E-state index in [1.54, 1.807) is 4.90 Å². The highest BCUT2D eigenvalue weighted by atomic mass is 32.1. The van der Waals surface area contributed by atoms with Crippen LogP contribution in [0.3, 0.4) is 0 Å². The average Bonchev–Trinajstić information content (AvgIpc) is 3.16. The van der Waals surface area contributed by atoms with Crippen molar-refractivity contribution in [2.24, 2.45) is 0 Å². The Hall–Kier alpha value is -1.15. The fourth-order valence-electron chi connectivity index (χ4n) is 3.44. The van der Waals surface area contributed by atoms with Gasteiger partial charge in [-0.2, -0.15) is 13.2 Å². The second-order valence-corrected chi connectivity index (χ2v) is 7.29. The number of hydrogen-bond acceptors (Lipinski definition) is 4. The van der Waals surface area contributed by atoms with Gasteiger partial charge in [-0.25, -0.2) is 4.98 Å². The number of aliphatic hydroxyl groups is 1. The normalized spacial score (nSPS) is 24.9. The van der Waals surface area contributed by atoms with E-state index in [0.29, 0.717) is 43.8 Å². The predicted octanol–water partition coefficient (Wildman–Crippen LogP) is 3.17. The number of carbonyl (C=O) groups excluding carboxylic acids is 1. The van der Waals surface area contributed by atoms with Crippen LogP contribution in [-0.2, 0) is 11.0 Å². The number of aromatic nitrogens is 1. The molecule has 0 aromatic carbocycles. The van der Waals surface area contributed by atoms with E-state index >= 15 is 0 Å². The van der Waals surface area contributed by atoms with E-state index in [4.69, 9.17) is 0 Å². The first-order chi connectivity index (χ1) is 10.8. The molecule has 0 spiro atoms. The lowest BCUT2D eigenvalue weighted by Crippen LogP contribution is -2.50. The standard InChI is InChI=1S/C15H19F3N2O2S/c16-15(17,18)11-9-23-12(19-11)10-4-3-7-20(8-10)13(21)14(22)5-1-2-6-14/h9-10,22H,1-8H2/t10-/m0/s1. The zero-order valence-corrected chi connectivity index (χ0v) is 13.4. The molecule has 1 atom stereocenters. The number of alkyl halides is 3. The number of halogens is 3. The van der Waals surface area contributed by atoms with Crippen molar-refractivity contribution in [2.75, 3.05) is 13.1 Å². The Labute approximate surface area is 136 Å². The first kappa shape index (κ1) is 16.7. The Morgan fingerprint density at radius 1 is 1.35 bits per heavy atom. The molecule has 0 radical (unpaired) electrons. The Balaban J connectivity index is 1.71. The fraction of sp³-hybridized carbons (Fsp3) is 0.733. The summed E-state index contributed by atoms with van der Waals surface area (Å²) >= 11 is 0.996. The van der Waals surface area contributed by atoms with Crippen LogP contribution >= 0.6 is 11.3 Å². The summed E-state index contributed by atoms with van der Waals surface area (Å²) in [5.41, 5.74) is -2.14. The number of carbonyl (C=O) groups is 1. The van der Waals surface area contributed by atoms with Crippen LogP contribution in [0.15, 0.2) is 5.38 Å². The van der Waals surface area contributed by atoms with Crippen molar-refractivity contribution in [3.8, 4) is 0 Å². The number of hydrogen-bond donors (Lipinski definition) is 1. The molecular weight excluding hydrogens is 329 g/mol. The van der Waals surface area contributed by atoms with Crippen LogP contribution in [0.2, 0.25) is 0 Å². The molecule has 23 heavy (non-hydrogen) atoms. The summed E-state index contributed by atoms with van der Waals surface area (Å²) in [6, 6.07) is 0. The molecule has 1 aliphatic carbocycles. The van der Waals surface area contributed by atoms with Crippen LogP contribution in [0, 0.1) is 0 Å². The molecule has 4 nitrogen and oxygen atoms in total. The summed E-state index contributed by atoms with van der Waals surface area (Å²) in [4.78, 5) is 17.9. The van der Waals surface area contributed by atoms with E-state index in [2.05, 4.69) is 4.98 Å². The fourth-order valence-corrected chi connectivity index (χ4v) is 4.39. The van der Waals surface area contributed by atoms with Crippen LogP contribution in [-0.4, -0.2) is 39.6 Å². The topological polar surface area (TPSA) is 53.4 Å². The quantitative estimate of drug-likeness (QED) is 0.893.